The van der Waals surface area contributed by atoms with Crippen LogP contribution in [0.3, 0.4) is 0 Å². The van der Waals surface area contributed by atoms with Gasteiger partial charge in [-0.15, -0.1) is 0 Å². The first-order valence-corrected chi connectivity index (χ1v) is 17.4. The lowest BCUT2D eigenvalue weighted by Gasteiger charge is -2.72. The maximum Gasteiger partial charge on any atom is 0.387 e. The highest BCUT2D eigenvalue weighted by Crippen LogP contribution is 2.76. The number of aromatic nitrogens is 2. The number of anilines is 1. The number of halogens is 3. The smallest absolute Gasteiger partial charge is 0.387 e. The van der Waals surface area contributed by atoms with Crippen molar-refractivity contribution in [1.29, 1.82) is 0 Å². The number of rotatable bonds is 11. The molecule has 48 heavy (non-hydrogen) atoms. The number of benzene rings is 1. The average molecular weight is 690 g/mol. The van der Waals surface area contributed by atoms with Gasteiger partial charge in [-0.1, -0.05) is 39.3 Å². The van der Waals surface area contributed by atoms with Gasteiger partial charge in [-0.3, -0.25) is 19.1 Å². The minimum atomic E-state index is -3.11. The van der Waals surface area contributed by atoms with E-state index in [9.17, 15) is 28.3 Å². The molecule has 3 aliphatic carbocycles. The number of aliphatic carboxylic acids is 1. The predicted molar refractivity (Wildman–Crippen MR) is 176 cm³/mol. The molecule has 0 spiro atoms. The molecule has 2 saturated heterocycles. The van der Waals surface area contributed by atoms with Crippen molar-refractivity contribution in [3.63, 3.8) is 0 Å². The molecule has 3 heterocycles. The number of hydrogen-bond donors (Lipinski definition) is 2. The molecule has 3 saturated carbocycles. The molecule has 10 nitrogen and oxygen atoms in total. The number of hydrogen-bond acceptors (Lipinski definition) is 6. The Morgan fingerprint density at radius 1 is 1.00 bits per heavy atom. The van der Waals surface area contributed by atoms with Crippen molar-refractivity contribution < 1.29 is 33.0 Å². The van der Waals surface area contributed by atoms with Crippen LogP contribution in [0.4, 0.5) is 14.5 Å². The van der Waals surface area contributed by atoms with Crippen molar-refractivity contribution in [3.8, 4) is 5.75 Å². The van der Waals surface area contributed by atoms with E-state index in [0.29, 0.717) is 69.7 Å². The second kappa shape index (κ2) is 12.6. The number of carbonyl (C=O) groups excluding carboxylic acids is 2. The molecular weight excluding hydrogens is 644 g/mol. The summed E-state index contributed by atoms with van der Waals surface area (Å²) in [5.74, 6) is -0.723. The van der Waals surface area contributed by atoms with Gasteiger partial charge in [0.25, 0.3) is 5.91 Å². The molecule has 2 amide bonds. The van der Waals surface area contributed by atoms with Gasteiger partial charge in [0.05, 0.1) is 16.5 Å². The predicted octanol–water partition coefficient (Wildman–Crippen LogP) is 6.21. The summed E-state index contributed by atoms with van der Waals surface area (Å²) in [5.41, 5.74) is -1.17. The van der Waals surface area contributed by atoms with E-state index >= 15 is 0 Å². The van der Waals surface area contributed by atoms with Gasteiger partial charge in [0.1, 0.15) is 5.54 Å². The second-order valence-corrected chi connectivity index (χ2v) is 15.7. The van der Waals surface area contributed by atoms with Gasteiger partial charge in [-0.05, 0) is 80.4 Å². The maximum atomic E-state index is 14.2. The van der Waals surface area contributed by atoms with Crippen molar-refractivity contribution >= 4 is 35.1 Å². The van der Waals surface area contributed by atoms with Crippen LogP contribution in [-0.4, -0.2) is 81.8 Å². The standard InChI is InChI=1S/C35H46ClF2N5O5/c1-22(2)26-7-12-39-43(26)35(28(44)40-25-6-5-24(36)17-27(25)48-31(37)38)10-13-41(14-11-35)21-32(30(46)47)8-15-42(16-9-32)29(45)34-18-33(19-34,20-34)23(3)4/h5-7,12,17,22-23,31H,8-11,13-16,18-21H2,1-4H3,(H,40,44)(H,46,47). The van der Waals surface area contributed by atoms with Crippen LogP contribution in [-0.2, 0) is 19.9 Å². The summed E-state index contributed by atoms with van der Waals surface area (Å²) >= 11 is 6.03. The molecule has 0 radical (unpaired) electrons. The SMILES string of the molecule is CC(C)c1ccnn1C1(C(=O)Nc2ccc(Cl)cc2OC(F)F)CCN(CC2(C(=O)O)CCN(C(=O)C34CC(C(C)C)(C3)C4)CC2)CC1. The molecule has 1 aromatic heterocycles. The Morgan fingerprint density at radius 2 is 1.65 bits per heavy atom. The Balaban J connectivity index is 1.16. The highest BCUT2D eigenvalue weighted by molar-refractivity contribution is 6.30. The van der Waals surface area contributed by atoms with Crippen LogP contribution in [0.25, 0.3) is 0 Å². The molecule has 1 aromatic carbocycles. The number of ether oxygens (including phenoxy) is 1. The molecule has 5 fully saturated rings. The number of likely N-dealkylation sites (tertiary alicyclic amines) is 2. The summed E-state index contributed by atoms with van der Waals surface area (Å²) in [6, 6.07) is 6.01. The van der Waals surface area contributed by atoms with Crippen LogP contribution in [0.2, 0.25) is 5.02 Å². The molecule has 13 heteroatoms. The second-order valence-electron chi connectivity index (χ2n) is 15.3. The summed E-state index contributed by atoms with van der Waals surface area (Å²) in [7, 11) is 0. The van der Waals surface area contributed by atoms with Crippen molar-refractivity contribution in [2.45, 2.75) is 90.7 Å². The van der Waals surface area contributed by atoms with Gasteiger partial charge in [-0.2, -0.15) is 13.9 Å². The number of nitrogens with one attached hydrogen (secondary N) is 1. The zero-order valence-corrected chi connectivity index (χ0v) is 28.9. The largest absolute Gasteiger partial charge is 0.481 e. The first kappa shape index (κ1) is 34.6. The van der Waals surface area contributed by atoms with Crippen molar-refractivity contribution in [2.24, 2.45) is 22.2 Å². The summed E-state index contributed by atoms with van der Waals surface area (Å²) in [4.78, 5) is 44.5. The summed E-state index contributed by atoms with van der Waals surface area (Å²) < 4.78 is 32.8. The van der Waals surface area contributed by atoms with Crippen LogP contribution >= 0.6 is 11.6 Å². The fourth-order valence-electron chi connectivity index (χ4n) is 8.80. The maximum absolute atomic E-state index is 14.2. The Hall–Kier alpha value is -3.25. The van der Waals surface area contributed by atoms with Crippen molar-refractivity contribution in [1.82, 2.24) is 19.6 Å². The molecule has 5 aliphatic rings. The number of alkyl halides is 2. The third-order valence-corrected chi connectivity index (χ3v) is 12.2. The lowest BCUT2D eigenvalue weighted by molar-refractivity contribution is -0.234. The van der Waals surface area contributed by atoms with E-state index in [0.717, 1.165) is 25.0 Å². The Bertz CT molecular complexity index is 1540. The minimum Gasteiger partial charge on any atom is -0.481 e. The molecule has 2 bridgehead atoms. The molecule has 2 aliphatic heterocycles. The van der Waals surface area contributed by atoms with Gasteiger partial charge in [0, 0.05) is 55.7 Å². The zero-order valence-electron chi connectivity index (χ0n) is 28.1. The number of nitrogens with zero attached hydrogens (tertiary/aromatic N) is 4. The molecule has 262 valence electrons. The van der Waals surface area contributed by atoms with Gasteiger partial charge in [0.15, 0.2) is 5.75 Å². The quantitative estimate of drug-likeness (QED) is 0.288. The summed E-state index contributed by atoms with van der Waals surface area (Å²) in [5, 5.41) is 18.1. The number of piperidine rings is 2. The van der Waals surface area contributed by atoms with E-state index in [2.05, 4.69) is 33.9 Å². The lowest BCUT2D eigenvalue weighted by Crippen LogP contribution is -2.70. The van der Waals surface area contributed by atoms with E-state index < -0.39 is 29.4 Å². The monoisotopic (exact) mass is 689 g/mol. The Morgan fingerprint density at radius 3 is 2.21 bits per heavy atom. The van der Waals surface area contributed by atoms with Gasteiger partial charge < -0.3 is 25.0 Å². The number of carboxylic acids is 1. The van der Waals surface area contributed by atoms with Crippen LogP contribution in [0, 0.1) is 22.2 Å². The van der Waals surface area contributed by atoms with Crippen LogP contribution in [0.1, 0.15) is 84.3 Å². The Labute approximate surface area is 285 Å². The van der Waals surface area contributed by atoms with E-state index in [4.69, 9.17) is 11.6 Å². The molecule has 7 rings (SSSR count). The number of amides is 2. The lowest BCUT2D eigenvalue weighted by atomic mass is 9.32. The minimum absolute atomic E-state index is 0.0489. The molecular formula is C35H46ClF2N5O5. The Kier molecular flexibility index (Phi) is 9.06. The van der Waals surface area contributed by atoms with Gasteiger partial charge >= 0.3 is 12.6 Å². The van der Waals surface area contributed by atoms with Gasteiger partial charge in [0.2, 0.25) is 5.91 Å². The van der Waals surface area contributed by atoms with E-state index in [1.54, 1.807) is 10.9 Å². The van der Waals surface area contributed by atoms with Crippen molar-refractivity contribution in [3.05, 3.63) is 41.2 Å². The molecule has 2 aromatic rings. The van der Waals surface area contributed by atoms with E-state index in [1.165, 1.54) is 18.2 Å². The third-order valence-electron chi connectivity index (χ3n) is 11.9. The van der Waals surface area contributed by atoms with Crippen molar-refractivity contribution in [2.75, 3.05) is 38.0 Å². The van der Waals surface area contributed by atoms with E-state index in [1.807, 2.05) is 24.8 Å². The fraction of sp³-hybridized carbons (Fsp3) is 0.657. The van der Waals surface area contributed by atoms with E-state index in [-0.39, 0.29) is 33.7 Å². The average Bonchev–Trinajstić information content (AvgIpc) is 3.48. The van der Waals surface area contributed by atoms with Crippen LogP contribution in [0.5, 0.6) is 5.75 Å². The topological polar surface area (TPSA) is 117 Å². The normalized spacial score (nSPS) is 26.2. The molecule has 2 N–H and O–H groups in total. The number of carboxylic acid groups (broad SMARTS) is 1. The highest BCUT2D eigenvalue weighted by Gasteiger charge is 2.72. The van der Waals surface area contributed by atoms with Gasteiger partial charge in [-0.25, -0.2) is 0 Å². The summed E-state index contributed by atoms with van der Waals surface area (Å²) in [6.07, 6.45) is 5.89. The van der Waals surface area contributed by atoms with Crippen LogP contribution in [0.15, 0.2) is 30.5 Å². The third kappa shape index (κ3) is 5.86. The highest BCUT2D eigenvalue weighted by atomic mass is 35.5. The summed E-state index contributed by atoms with van der Waals surface area (Å²) in [6.45, 7) is 7.36. The van der Waals surface area contributed by atoms with Crippen LogP contribution < -0.4 is 10.1 Å². The molecule has 0 atom stereocenters. The zero-order chi connectivity index (χ0) is 34.6. The first-order chi connectivity index (χ1) is 22.6. The first-order valence-electron chi connectivity index (χ1n) is 17.0. The fourth-order valence-corrected chi connectivity index (χ4v) is 8.96. The molecule has 0 unspecified atom stereocenters. The number of carbonyl (C=O) groups is 3.